The Hall–Kier alpha value is -6.81. The number of benzene rings is 6. The van der Waals surface area contributed by atoms with Crippen LogP contribution < -0.4 is 26.4 Å². The van der Waals surface area contributed by atoms with Crippen molar-refractivity contribution in [3.8, 4) is 10.9 Å². The maximum absolute atomic E-state index is 14.2. The lowest BCUT2D eigenvalue weighted by Gasteiger charge is -2.46. The van der Waals surface area contributed by atoms with Gasteiger partial charge in [-0.15, -0.1) is 4.57 Å². The van der Waals surface area contributed by atoms with Crippen molar-refractivity contribution in [3.05, 3.63) is 171 Å². The zero-order valence-corrected chi connectivity index (χ0v) is 37.0. The molecule has 0 unspecified atom stereocenters. The zero-order valence-electron chi connectivity index (χ0n) is 36.2. The minimum absolute atomic E-state index is 0.194. The van der Waals surface area contributed by atoms with Gasteiger partial charge < -0.3 is 10.2 Å². The van der Waals surface area contributed by atoms with Gasteiger partial charge in [0.2, 0.25) is 0 Å². The van der Waals surface area contributed by atoms with Crippen LogP contribution in [-0.4, -0.2) is 16.4 Å². The van der Waals surface area contributed by atoms with E-state index in [9.17, 15) is 116 Å². The van der Waals surface area contributed by atoms with Gasteiger partial charge in [0.1, 0.15) is 10.8 Å². The highest BCUT2D eigenvalue weighted by Crippen LogP contribution is 2.42. The van der Waals surface area contributed by atoms with E-state index in [2.05, 4.69) is 0 Å². The summed E-state index contributed by atoms with van der Waals surface area (Å²) in [6.45, 7) is 0.546. The van der Waals surface area contributed by atoms with Crippen molar-refractivity contribution in [2.45, 2.75) is 56.0 Å². The zero-order chi connectivity index (χ0) is 56.4. The SMILES string of the molecule is FC(F)(F)c1cc([B-](c2cc(C(F)(F)F)cc(C(F)(F)F)c2)(c2cc(C(F)(F)F)cc(C(F)(F)F)c2)c2cc(C(F)(F)F)cc(C(F)(F)F)c2)cc(C(F)(F)F)c1.Oc1cccc2sc(O)[n+](Cc3ccccc3)c12. The van der Waals surface area contributed by atoms with E-state index in [1.165, 1.54) is 11.3 Å². The predicted octanol–water partition coefficient (Wildman–Crippen LogP) is 13.9. The van der Waals surface area contributed by atoms with Crippen molar-refractivity contribution >= 4 is 49.6 Å². The van der Waals surface area contributed by atoms with E-state index in [4.69, 9.17) is 0 Å². The lowest BCUT2D eigenvalue weighted by Crippen LogP contribution is -2.75. The van der Waals surface area contributed by atoms with Gasteiger partial charge in [-0.25, -0.2) is 0 Å². The van der Waals surface area contributed by atoms with E-state index < -0.39 is 195 Å². The highest BCUT2D eigenvalue weighted by molar-refractivity contribution is 7.20. The predicted molar refractivity (Wildman–Crippen MR) is 221 cm³/mol. The molecule has 2 N–H and O–H groups in total. The van der Waals surface area contributed by atoms with E-state index in [-0.39, 0.29) is 10.9 Å². The third-order valence-electron chi connectivity index (χ3n) is 11.3. The van der Waals surface area contributed by atoms with Crippen LogP contribution in [0.25, 0.3) is 10.2 Å². The van der Waals surface area contributed by atoms with E-state index in [0.29, 0.717) is 12.1 Å². The molecule has 6 aromatic carbocycles. The lowest BCUT2D eigenvalue weighted by molar-refractivity contribution is -0.664. The topological polar surface area (TPSA) is 44.3 Å². The second kappa shape index (κ2) is 19.4. The Kier molecular flexibility index (Phi) is 14.9. The first-order chi connectivity index (χ1) is 34.0. The van der Waals surface area contributed by atoms with Gasteiger partial charge in [0.15, 0.2) is 12.3 Å². The van der Waals surface area contributed by atoms with Gasteiger partial charge in [-0.05, 0) is 47.7 Å². The molecular weight excluding hydrogens is 1100 g/mol. The summed E-state index contributed by atoms with van der Waals surface area (Å²) < 4.78 is 343. The summed E-state index contributed by atoms with van der Waals surface area (Å²) in [4.78, 5) is 0. The van der Waals surface area contributed by atoms with E-state index >= 15 is 0 Å². The Morgan fingerprint density at radius 3 is 0.867 bits per heavy atom. The summed E-state index contributed by atoms with van der Waals surface area (Å²) in [6.07, 6.45) is -54.8. The molecule has 0 saturated carbocycles. The molecule has 75 heavy (non-hydrogen) atoms. The number of alkyl halides is 24. The van der Waals surface area contributed by atoms with E-state index in [0.717, 1.165) is 10.3 Å². The Bertz CT molecular complexity index is 2780. The van der Waals surface area contributed by atoms with Crippen LogP contribution in [0.5, 0.6) is 10.9 Å². The second-order valence-corrected chi connectivity index (χ2v) is 17.3. The second-order valence-electron chi connectivity index (χ2n) is 16.3. The average Bonchev–Trinajstić information content (AvgIpc) is 3.59. The largest absolute Gasteiger partial charge is 0.502 e. The first-order valence-electron chi connectivity index (χ1n) is 20.2. The molecule has 0 aliphatic carbocycles. The summed E-state index contributed by atoms with van der Waals surface area (Å²) in [6, 6.07) is 6.36. The quantitative estimate of drug-likeness (QED) is 0.0990. The van der Waals surface area contributed by atoms with Crippen molar-refractivity contribution < 1.29 is 120 Å². The van der Waals surface area contributed by atoms with Crippen molar-refractivity contribution in [2.24, 2.45) is 0 Å². The van der Waals surface area contributed by atoms with Gasteiger partial charge in [-0.1, -0.05) is 84.9 Å². The maximum Gasteiger partial charge on any atom is 0.429 e. The minimum Gasteiger partial charge on any atom is -0.502 e. The summed E-state index contributed by atoms with van der Waals surface area (Å²) >= 11 is 1.27. The van der Waals surface area contributed by atoms with Crippen LogP contribution >= 0.6 is 11.3 Å². The van der Waals surface area contributed by atoms with Crippen LogP contribution in [0.15, 0.2) is 121 Å². The number of phenols is 1. The summed E-state index contributed by atoms with van der Waals surface area (Å²) in [5.41, 5.74) is -28.4. The molecule has 0 radical (unpaired) electrons. The molecule has 0 aliphatic rings. The molecule has 0 aliphatic heterocycles. The summed E-state index contributed by atoms with van der Waals surface area (Å²) in [5.74, 6) is 0.194. The molecule has 1 aromatic heterocycles. The molecule has 0 saturated heterocycles. The molecule has 0 fully saturated rings. The van der Waals surface area contributed by atoms with Gasteiger partial charge in [0.05, 0.1) is 44.5 Å². The maximum atomic E-state index is 14.2. The van der Waals surface area contributed by atoms with Crippen LogP contribution in [0.2, 0.25) is 0 Å². The van der Waals surface area contributed by atoms with Crippen molar-refractivity contribution in [2.75, 3.05) is 0 Å². The van der Waals surface area contributed by atoms with Gasteiger partial charge in [0.25, 0.3) is 5.52 Å². The third kappa shape index (κ3) is 12.5. The van der Waals surface area contributed by atoms with Gasteiger partial charge in [-0.3, -0.25) is 0 Å². The molecule has 29 heteroatoms. The number of aromatic hydroxyl groups is 2. The minimum atomic E-state index is -6.13. The fourth-order valence-electron chi connectivity index (χ4n) is 8.10. The first kappa shape index (κ1) is 57.5. The lowest BCUT2D eigenvalue weighted by atomic mass is 9.12. The van der Waals surface area contributed by atoms with Crippen LogP contribution in [0.3, 0.4) is 0 Å². The number of rotatable bonds is 6. The highest BCUT2D eigenvalue weighted by Gasteiger charge is 2.47. The average molecular weight is 1120 g/mol. The number of fused-ring (bicyclic) bond motifs is 1. The molecule has 3 nitrogen and oxygen atoms in total. The molecule has 0 amide bonds. The number of thiazole rings is 1. The Morgan fingerprint density at radius 1 is 0.347 bits per heavy atom. The van der Waals surface area contributed by atoms with Crippen molar-refractivity contribution in [3.63, 3.8) is 0 Å². The standard InChI is InChI=1S/C32H12BF24.C14H11NO2S/c34-25(35,36)13-1-14(26(37,38)39)6-21(5-13)33(22-7-15(27(40,41)42)2-16(8-22)28(43,44)45,23-9-17(29(46,47)48)3-18(10-23)30(49,50)51)24-11-19(31(52,53)54)4-20(12-24)32(55,56)57;16-11-7-4-8-12-13(11)15(14(17)18-12)9-10-5-2-1-3-6-10/h1-12H;1-8,16H,9H2/q-1;/p+1. The molecular formula is C46H24BF24NO2S. The number of hydrogen-bond donors (Lipinski definition) is 2. The monoisotopic (exact) mass is 1120 g/mol. The molecule has 1 heterocycles. The fraction of sp³-hybridized carbons (Fsp3) is 0.196. The Balaban J connectivity index is 0.000000421. The van der Waals surface area contributed by atoms with E-state index in [1.54, 1.807) is 16.7 Å². The van der Waals surface area contributed by atoms with E-state index in [1.807, 2.05) is 36.4 Å². The Labute approximate surface area is 407 Å². The number of para-hydroxylation sites is 1. The van der Waals surface area contributed by atoms with Gasteiger partial charge in [0, 0.05) is 5.56 Å². The van der Waals surface area contributed by atoms with Crippen LogP contribution in [0.1, 0.15) is 50.1 Å². The smallest absolute Gasteiger partial charge is 0.429 e. The number of aromatic nitrogens is 1. The number of nitrogens with zero attached hydrogens (tertiary/aromatic N) is 1. The van der Waals surface area contributed by atoms with Crippen molar-refractivity contribution in [1.82, 2.24) is 0 Å². The number of halogens is 24. The normalized spacial score (nSPS) is 13.5. The highest BCUT2D eigenvalue weighted by atomic mass is 32.1. The van der Waals surface area contributed by atoms with Crippen LogP contribution in [0.4, 0.5) is 105 Å². The van der Waals surface area contributed by atoms with Gasteiger partial charge in [-0.2, -0.15) is 127 Å². The summed E-state index contributed by atoms with van der Waals surface area (Å²) in [7, 11) is 0. The molecule has 0 bridgehead atoms. The summed E-state index contributed by atoms with van der Waals surface area (Å²) in [5, 5.41) is 20.1. The first-order valence-corrected chi connectivity index (χ1v) is 21.1. The fourth-order valence-corrected chi connectivity index (χ4v) is 9.02. The Morgan fingerprint density at radius 2 is 0.613 bits per heavy atom. The number of phenolic OH excluding ortho intramolecular Hbond substituents is 1. The molecule has 7 aromatic rings. The third-order valence-corrected chi connectivity index (χ3v) is 12.3. The molecule has 7 rings (SSSR count). The van der Waals surface area contributed by atoms with Crippen LogP contribution in [-0.2, 0) is 56.0 Å². The molecule has 402 valence electrons. The molecule has 0 spiro atoms. The van der Waals surface area contributed by atoms with Gasteiger partial charge >= 0.3 is 54.6 Å². The van der Waals surface area contributed by atoms with Crippen LogP contribution in [0, 0.1) is 0 Å². The molecule has 0 atom stereocenters. The number of hydrogen-bond acceptors (Lipinski definition) is 3. The van der Waals surface area contributed by atoms with Crippen molar-refractivity contribution in [1.29, 1.82) is 0 Å².